The van der Waals surface area contributed by atoms with Crippen LogP contribution in [-0.4, -0.2) is 34.0 Å². The first-order valence-corrected chi connectivity index (χ1v) is 9.51. The van der Waals surface area contributed by atoms with Crippen LogP contribution in [0.2, 0.25) is 0 Å². The van der Waals surface area contributed by atoms with Crippen molar-refractivity contribution >= 4 is 27.5 Å². The van der Waals surface area contributed by atoms with E-state index >= 15 is 0 Å². The third-order valence-electron chi connectivity index (χ3n) is 4.95. The van der Waals surface area contributed by atoms with Crippen molar-refractivity contribution in [1.82, 2.24) is 9.88 Å². The zero-order chi connectivity index (χ0) is 18.1. The molecule has 1 aromatic heterocycles. The number of rotatable bonds is 4. The predicted octanol–water partition coefficient (Wildman–Crippen LogP) is 4.32. The minimum atomic E-state index is -0.730. The summed E-state index contributed by atoms with van der Waals surface area (Å²) in [5, 5.41) is 10.2. The van der Waals surface area contributed by atoms with E-state index in [-0.39, 0.29) is 17.8 Å². The maximum atomic E-state index is 13.9. The van der Waals surface area contributed by atoms with Gasteiger partial charge in [-0.1, -0.05) is 24.3 Å². The van der Waals surface area contributed by atoms with E-state index in [4.69, 9.17) is 4.98 Å². The van der Waals surface area contributed by atoms with Crippen LogP contribution in [0, 0.1) is 11.7 Å². The Balaban J connectivity index is 1.71. The molecule has 1 unspecified atom stereocenters. The first-order valence-electron chi connectivity index (χ1n) is 8.69. The number of fused-ring (bicyclic) bond motifs is 1. The van der Waals surface area contributed by atoms with Crippen LogP contribution in [0.1, 0.15) is 29.5 Å². The maximum absolute atomic E-state index is 13.9. The summed E-state index contributed by atoms with van der Waals surface area (Å²) in [5.74, 6) is -1.30. The molecule has 2 aromatic carbocycles. The second-order valence-corrected chi connectivity index (χ2v) is 7.69. The molecule has 0 saturated carbocycles. The molecule has 0 bridgehead atoms. The van der Waals surface area contributed by atoms with Gasteiger partial charge in [0.25, 0.3) is 0 Å². The lowest BCUT2D eigenvalue weighted by Gasteiger charge is -2.35. The number of hydrogen-bond acceptors (Lipinski definition) is 4. The van der Waals surface area contributed by atoms with Crippen molar-refractivity contribution in [1.29, 1.82) is 0 Å². The molecule has 0 spiro atoms. The number of aromatic nitrogens is 1. The molecule has 134 valence electrons. The Hall–Kier alpha value is -2.31. The third-order valence-corrected chi connectivity index (χ3v) is 6.04. The highest BCUT2D eigenvalue weighted by Gasteiger charge is 2.32. The number of benzene rings is 2. The lowest BCUT2D eigenvalue weighted by molar-refractivity contribution is -0.143. The van der Waals surface area contributed by atoms with Crippen LogP contribution in [0.4, 0.5) is 4.39 Å². The fourth-order valence-corrected chi connectivity index (χ4v) is 4.73. The third kappa shape index (κ3) is 3.34. The van der Waals surface area contributed by atoms with E-state index in [1.807, 2.05) is 30.3 Å². The summed E-state index contributed by atoms with van der Waals surface area (Å²) >= 11 is 1.62. The molecule has 4 nitrogen and oxygen atoms in total. The Morgan fingerprint density at radius 1 is 1.19 bits per heavy atom. The molecule has 1 atom stereocenters. The Bertz CT molecular complexity index is 901. The molecule has 2 heterocycles. The van der Waals surface area contributed by atoms with Gasteiger partial charge in [0.2, 0.25) is 0 Å². The smallest absolute Gasteiger partial charge is 0.306 e. The minimum absolute atomic E-state index is 0.155. The first kappa shape index (κ1) is 17.1. The van der Waals surface area contributed by atoms with Gasteiger partial charge in [-0.15, -0.1) is 11.3 Å². The van der Waals surface area contributed by atoms with E-state index in [0.29, 0.717) is 25.9 Å². The van der Waals surface area contributed by atoms with Gasteiger partial charge in [-0.2, -0.15) is 0 Å². The Morgan fingerprint density at radius 3 is 2.65 bits per heavy atom. The second-order valence-electron chi connectivity index (χ2n) is 6.63. The maximum Gasteiger partial charge on any atom is 0.306 e. The summed E-state index contributed by atoms with van der Waals surface area (Å²) in [6.07, 6.45) is 1.21. The van der Waals surface area contributed by atoms with Gasteiger partial charge in [-0.25, -0.2) is 9.37 Å². The number of hydrogen-bond donors (Lipinski definition) is 1. The number of halogens is 1. The van der Waals surface area contributed by atoms with Crippen LogP contribution in [0.3, 0.4) is 0 Å². The molecule has 0 amide bonds. The van der Waals surface area contributed by atoms with E-state index in [2.05, 4.69) is 4.90 Å². The van der Waals surface area contributed by atoms with E-state index in [0.717, 1.165) is 20.8 Å². The molecular weight excluding hydrogens is 351 g/mol. The van der Waals surface area contributed by atoms with Gasteiger partial charge in [0, 0.05) is 0 Å². The number of likely N-dealkylation sites (tertiary alicyclic amines) is 1. The fraction of sp³-hybridized carbons (Fsp3) is 0.300. The van der Waals surface area contributed by atoms with Gasteiger partial charge < -0.3 is 5.11 Å². The molecule has 1 aliphatic heterocycles. The van der Waals surface area contributed by atoms with Gasteiger partial charge in [-0.3, -0.25) is 9.69 Å². The number of carboxylic acid groups (broad SMARTS) is 1. The van der Waals surface area contributed by atoms with E-state index < -0.39 is 5.97 Å². The van der Waals surface area contributed by atoms with Gasteiger partial charge >= 0.3 is 5.97 Å². The molecule has 0 radical (unpaired) electrons. The highest BCUT2D eigenvalue weighted by Crippen LogP contribution is 2.36. The average Bonchev–Trinajstić information content (AvgIpc) is 3.06. The van der Waals surface area contributed by atoms with Crippen LogP contribution >= 0.6 is 11.3 Å². The zero-order valence-corrected chi connectivity index (χ0v) is 15.0. The molecule has 26 heavy (non-hydrogen) atoms. The van der Waals surface area contributed by atoms with Crippen molar-refractivity contribution in [3.05, 3.63) is 64.9 Å². The molecule has 4 rings (SSSR count). The Morgan fingerprint density at radius 2 is 1.96 bits per heavy atom. The first-order chi connectivity index (χ1) is 12.6. The normalized spacial score (nSPS) is 17.4. The van der Waals surface area contributed by atoms with Crippen LogP contribution in [-0.2, 0) is 4.79 Å². The topological polar surface area (TPSA) is 53.4 Å². The monoisotopic (exact) mass is 370 g/mol. The SMILES string of the molecule is O=C(O)C1CCN(C(c2cccc(F)c2)c2nc3ccccc3s2)CC1. The minimum Gasteiger partial charge on any atom is -0.481 e. The van der Waals surface area contributed by atoms with Crippen molar-refractivity contribution < 1.29 is 14.3 Å². The summed E-state index contributed by atoms with van der Waals surface area (Å²) in [7, 11) is 0. The second kappa shape index (κ2) is 7.13. The molecule has 1 saturated heterocycles. The number of carbonyl (C=O) groups is 1. The molecule has 0 aliphatic carbocycles. The van der Waals surface area contributed by atoms with Crippen LogP contribution < -0.4 is 0 Å². The number of para-hydroxylation sites is 1. The zero-order valence-electron chi connectivity index (χ0n) is 14.1. The van der Waals surface area contributed by atoms with E-state index in [1.165, 1.54) is 6.07 Å². The number of thiazole rings is 1. The highest BCUT2D eigenvalue weighted by molar-refractivity contribution is 7.18. The lowest BCUT2D eigenvalue weighted by Crippen LogP contribution is -2.39. The number of aliphatic carboxylic acids is 1. The molecular formula is C20H19FN2O2S. The lowest BCUT2D eigenvalue weighted by atomic mass is 9.94. The summed E-state index contributed by atoms with van der Waals surface area (Å²) in [4.78, 5) is 18.3. The van der Waals surface area contributed by atoms with E-state index in [1.54, 1.807) is 23.5 Å². The van der Waals surface area contributed by atoms with Crippen molar-refractivity contribution in [3.8, 4) is 0 Å². The summed E-state index contributed by atoms with van der Waals surface area (Å²) < 4.78 is 15.0. The van der Waals surface area contributed by atoms with Crippen LogP contribution in [0.15, 0.2) is 48.5 Å². The van der Waals surface area contributed by atoms with Crippen molar-refractivity contribution in [2.45, 2.75) is 18.9 Å². The number of nitrogens with zero attached hydrogens (tertiary/aromatic N) is 2. The molecule has 3 aromatic rings. The van der Waals surface area contributed by atoms with Crippen LogP contribution in [0.25, 0.3) is 10.2 Å². The fourth-order valence-electron chi connectivity index (χ4n) is 3.60. The number of carboxylic acids is 1. The van der Waals surface area contributed by atoms with Gasteiger partial charge in [0.05, 0.1) is 22.2 Å². The summed E-state index contributed by atoms with van der Waals surface area (Å²) in [6.45, 7) is 1.32. The Kier molecular flexibility index (Phi) is 4.70. The van der Waals surface area contributed by atoms with E-state index in [9.17, 15) is 14.3 Å². The largest absolute Gasteiger partial charge is 0.481 e. The van der Waals surface area contributed by atoms with Crippen molar-refractivity contribution in [3.63, 3.8) is 0 Å². The van der Waals surface area contributed by atoms with Gasteiger partial charge in [0.1, 0.15) is 10.8 Å². The highest BCUT2D eigenvalue weighted by atomic mass is 32.1. The average molecular weight is 370 g/mol. The van der Waals surface area contributed by atoms with Crippen molar-refractivity contribution in [2.75, 3.05) is 13.1 Å². The summed E-state index contributed by atoms with van der Waals surface area (Å²) in [5.41, 5.74) is 1.80. The molecule has 1 fully saturated rings. The van der Waals surface area contributed by atoms with Crippen molar-refractivity contribution in [2.24, 2.45) is 5.92 Å². The summed E-state index contributed by atoms with van der Waals surface area (Å²) in [6, 6.07) is 14.4. The van der Waals surface area contributed by atoms with Gasteiger partial charge in [0.15, 0.2) is 0 Å². The standard InChI is InChI=1S/C20H19FN2O2S/c21-15-5-3-4-14(12-15)18(23-10-8-13(9-11-23)20(24)25)19-22-16-6-1-2-7-17(16)26-19/h1-7,12-13,18H,8-11H2,(H,24,25). The number of piperidine rings is 1. The predicted molar refractivity (Wildman–Crippen MR) is 99.8 cm³/mol. The molecule has 1 N–H and O–H groups in total. The van der Waals surface area contributed by atoms with Gasteiger partial charge in [-0.05, 0) is 55.8 Å². The Labute approximate surface area is 154 Å². The van der Waals surface area contributed by atoms with Crippen LogP contribution in [0.5, 0.6) is 0 Å². The quantitative estimate of drug-likeness (QED) is 0.743. The molecule has 1 aliphatic rings. The molecule has 6 heteroatoms.